The van der Waals surface area contributed by atoms with Gasteiger partial charge in [-0.2, -0.15) is 0 Å². The fraction of sp³-hybridized carbons (Fsp3) is 0.483. The van der Waals surface area contributed by atoms with Gasteiger partial charge in [0.1, 0.15) is 24.2 Å². The van der Waals surface area contributed by atoms with Crippen molar-refractivity contribution in [1.29, 1.82) is 0 Å². The van der Waals surface area contributed by atoms with Gasteiger partial charge < -0.3 is 14.2 Å². The van der Waals surface area contributed by atoms with Crippen molar-refractivity contribution in [3.05, 3.63) is 58.8 Å². The third kappa shape index (κ3) is 7.53. The van der Waals surface area contributed by atoms with E-state index in [1.54, 1.807) is 0 Å². The van der Waals surface area contributed by atoms with Crippen LogP contribution in [0.15, 0.2) is 58.2 Å². The molecule has 0 amide bonds. The molecule has 0 aliphatic heterocycles. The number of carbonyl (C=O) groups excluding carboxylic acids is 1. The van der Waals surface area contributed by atoms with Crippen LogP contribution in [0.4, 0.5) is 0 Å². The van der Waals surface area contributed by atoms with Crippen molar-refractivity contribution in [3.8, 4) is 17.2 Å². The molecule has 4 rings (SSSR count). The van der Waals surface area contributed by atoms with E-state index in [-0.39, 0.29) is 24.4 Å². The van der Waals surface area contributed by atoms with E-state index >= 15 is 0 Å². The number of hydrogen-bond acceptors (Lipinski definition) is 7. The van der Waals surface area contributed by atoms with Crippen LogP contribution in [0.5, 0.6) is 11.5 Å². The van der Waals surface area contributed by atoms with Gasteiger partial charge >= 0.3 is 5.97 Å². The summed E-state index contributed by atoms with van der Waals surface area (Å²) < 4.78 is 20.5. The fourth-order valence-electron chi connectivity index (χ4n) is 4.86. The number of halogens is 1. The van der Waals surface area contributed by atoms with Crippen LogP contribution in [0.1, 0.15) is 52.8 Å². The molecule has 9 heteroatoms. The van der Waals surface area contributed by atoms with Crippen molar-refractivity contribution < 1.29 is 19.0 Å². The fourth-order valence-corrected chi connectivity index (χ4v) is 5.88. The lowest BCUT2D eigenvalue weighted by Gasteiger charge is -2.36. The minimum Gasteiger partial charge on any atom is -0.494 e. The van der Waals surface area contributed by atoms with Crippen LogP contribution < -0.4 is 9.47 Å². The summed E-state index contributed by atoms with van der Waals surface area (Å²) in [6.45, 7) is 9.45. The maximum Gasteiger partial charge on any atom is 0.316 e. The van der Waals surface area contributed by atoms with Crippen LogP contribution in [0, 0.1) is 17.8 Å². The summed E-state index contributed by atoms with van der Waals surface area (Å²) in [5.74, 6) is 3.58. The van der Waals surface area contributed by atoms with Gasteiger partial charge in [0.25, 0.3) is 0 Å². The van der Waals surface area contributed by atoms with Gasteiger partial charge in [-0.1, -0.05) is 54.9 Å². The highest BCUT2D eigenvalue weighted by Crippen LogP contribution is 2.35. The maximum atomic E-state index is 12.9. The minimum absolute atomic E-state index is 0.0225. The second-order valence-electron chi connectivity index (χ2n) is 10.0. The first-order valence-corrected chi connectivity index (χ1v) is 15.0. The van der Waals surface area contributed by atoms with Crippen molar-refractivity contribution in [2.45, 2.75) is 64.8 Å². The molecule has 1 heterocycles. The summed E-state index contributed by atoms with van der Waals surface area (Å²) in [5.41, 5.74) is 0.865. The van der Waals surface area contributed by atoms with Gasteiger partial charge in [-0.3, -0.25) is 9.36 Å². The molecule has 204 valence electrons. The van der Waals surface area contributed by atoms with Crippen LogP contribution in [-0.4, -0.2) is 39.2 Å². The molecule has 3 atom stereocenters. The number of hydrogen-bond donors (Lipinski definition) is 0. The van der Waals surface area contributed by atoms with Gasteiger partial charge in [0.2, 0.25) is 0 Å². The zero-order valence-electron chi connectivity index (χ0n) is 22.4. The molecule has 0 unspecified atom stereocenters. The molecule has 38 heavy (non-hydrogen) atoms. The third-order valence-corrected chi connectivity index (χ3v) is 8.28. The van der Waals surface area contributed by atoms with Crippen LogP contribution in [0.3, 0.4) is 0 Å². The molecule has 0 radical (unpaired) electrons. The van der Waals surface area contributed by atoms with E-state index in [1.165, 1.54) is 18.2 Å². The molecule has 2 aromatic carbocycles. The molecular formula is C29H36BrN3O4S. The first-order chi connectivity index (χ1) is 18.3. The van der Waals surface area contributed by atoms with Crippen molar-refractivity contribution in [2.24, 2.45) is 17.8 Å². The largest absolute Gasteiger partial charge is 0.494 e. The Morgan fingerprint density at radius 3 is 2.42 bits per heavy atom. The number of ether oxygens (including phenoxy) is 3. The molecule has 1 fully saturated rings. The molecule has 1 aliphatic carbocycles. The zero-order chi connectivity index (χ0) is 27.1. The van der Waals surface area contributed by atoms with Crippen LogP contribution in [0.25, 0.3) is 5.69 Å². The number of esters is 1. The predicted octanol–water partition coefficient (Wildman–Crippen LogP) is 7.10. The first kappa shape index (κ1) is 28.5. The number of benzene rings is 2. The summed E-state index contributed by atoms with van der Waals surface area (Å²) in [6.07, 6.45) is 3.21. The van der Waals surface area contributed by atoms with Gasteiger partial charge in [0.15, 0.2) is 11.0 Å². The summed E-state index contributed by atoms with van der Waals surface area (Å²) in [7, 11) is 0. The molecule has 1 saturated carbocycles. The normalized spacial score (nSPS) is 19.4. The van der Waals surface area contributed by atoms with E-state index in [0.717, 1.165) is 34.5 Å². The molecular weight excluding hydrogens is 566 g/mol. The average molecular weight is 603 g/mol. The monoisotopic (exact) mass is 601 g/mol. The van der Waals surface area contributed by atoms with Gasteiger partial charge in [-0.15, -0.1) is 10.2 Å². The molecule has 7 nitrogen and oxygen atoms in total. The Hall–Kier alpha value is -2.52. The highest BCUT2D eigenvalue weighted by molar-refractivity contribution is 9.10. The molecule has 1 aliphatic rings. The molecule has 0 bridgehead atoms. The molecule has 1 aromatic heterocycles. The van der Waals surface area contributed by atoms with E-state index in [2.05, 4.69) is 46.9 Å². The molecule has 3 aromatic rings. The van der Waals surface area contributed by atoms with Crippen molar-refractivity contribution in [2.75, 3.05) is 12.4 Å². The van der Waals surface area contributed by atoms with Crippen molar-refractivity contribution >= 4 is 33.7 Å². The van der Waals surface area contributed by atoms with Gasteiger partial charge in [0.05, 0.1) is 12.4 Å². The molecule has 0 spiro atoms. The Kier molecular flexibility index (Phi) is 10.1. The van der Waals surface area contributed by atoms with Crippen LogP contribution in [-0.2, 0) is 16.1 Å². The Labute approximate surface area is 237 Å². The highest BCUT2D eigenvalue weighted by Gasteiger charge is 2.33. The minimum atomic E-state index is -0.214. The number of thioether (sulfide) groups is 1. The quantitative estimate of drug-likeness (QED) is 0.171. The number of rotatable bonds is 11. The molecule has 0 saturated heterocycles. The Bertz CT molecular complexity index is 1180. The van der Waals surface area contributed by atoms with Crippen LogP contribution in [0.2, 0.25) is 0 Å². The van der Waals surface area contributed by atoms with Crippen molar-refractivity contribution in [1.82, 2.24) is 14.8 Å². The van der Waals surface area contributed by atoms with Crippen LogP contribution >= 0.6 is 27.7 Å². The topological polar surface area (TPSA) is 75.5 Å². The highest BCUT2D eigenvalue weighted by atomic mass is 79.9. The maximum absolute atomic E-state index is 12.9. The number of nitrogens with zero attached hydrogens (tertiary/aromatic N) is 3. The number of carbonyl (C=O) groups is 1. The zero-order valence-corrected chi connectivity index (χ0v) is 24.8. The first-order valence-electron chi connectivity index (χ1n) is 13.2. The molecule has 0 N–H and O–H groups in total. The average Bonchev–Trinajstić information content (AvgIpc) is 3.30. The van der Waals surface area contributed by atoms with E-state index in [4.69, 9.17) is 14.2 Å². The van der Waals surface area contributed by atoms with Gasteiger partial charge in [-0.25, -0.2) is 0 Å². The summed E-state index contributed by atoms with van der Waals surface area (Å²) in [4.78, 5) is 12.9. The standard InChI is InChI=1S/C29H36BrN3O4S/c1-5-35-23-13-9-22(10-14-23)33-27(17-36-24-11-7-21(30)8-12-24)31-32-29(33)38-18-28(34)37-26-16-20(4)6-15-25(26)19(2)3/h7-14,19-20,25-26H,5-6,15-18H2,1-4H3/t20-,25+,26+/m0/s1. The van der Waals surface area contributed by atoms with E-state index in [0.29, 0.717) is 35.3 Å². The van der Waals surface area contributed by atoms with Crippen molar-refractivity contribution in [3.63, 3.8) is 0 Å². The van der Waals surface area contributed by atoms with E-state index in [1.807, 2.05) is 60.0 Å². The van der Waals surface area contributed by atoms with Gasteiger partial charge in [0, 0.05) is 10.2 Å². The summed E-state index contributed by atoms with van der Waals surface area (Å²) in [6, 6.07) is 15.4. The lowest BCUT2D eigenvalue weighted by molar-refractivity contribution is -0.152. The number of aromatic nitrogens is 3. The summed E-state index contributed by atoms with van der Waals surface area (Å²) >= 11 is 4.77. The smallest absolute Gasteiger partial charge is 0.316 e. The Morgan fingerprint density at radius 1 is 1.05 bits per heavy atom. The third-order valence-electron chi connectivity index (χ3n) is 6.85. The lowest BCUT2D eigenvalue weighted by Crippen LogP contribution is -2.36. The predicted molar refractivity (Wildman–Crippen MR) is 153 cm³/mol. The Balaban J connectivity index is 1.49. The summed E-state index contributed by atoms with van der Waals surface area (Å²) in [5, 5.41) is 9.41. The SMILES string of the molecule is CCOc1ccc(-n2c(COc3ccc(Br)cc3)nnc2SCC(=O)O[C@@H]2C[C@@H](C)CC[C@@H]2C(C)C)cc1. The van der Waals surface area contributed by atoms with Gasteiger partial charge in [-0.05, 0) is 86.1 Å². The Morgan fingerprint density at radius 2 is 1.74 bits per heavy atom. The van der Waals surface area contributed by atoms with E-state index in [9.17, 15) is 4.79 Å². The van der Waals surface area contributed by atoms with E-state index < -0.39 is 0 Å². The second-order valence-corrected chi connectivity index (χ2v) is 11.9. The lowest BCUT2D eigenvalue weighted by atomic mass is 9.75. The second kappa shape index (κ2) is 13.5.